The van der Waals surface area contributed by atoms with Crippen LogP contribution in [0.25, 0.3) is 0 Å². The smallest absolute Gasteiger partial charge is 0.315 e. The first-order chi connectivity index (χ1) is 11.6. The Morgan fingerprint density at radius 2 is 1.71 bits per heavy atom. The number of nitrogens with zero attached hydrogens (tertiary/aromatic N) is 2. The minimum Gasteiger partial charge on any atom is -0.381 e. The van der Waals surface area contributed by atoms with Crippen LogP contribution in [-0.2, 0) is 4.74 Å². The minimum absolute atomic E-state index is 0.0470. The Balaban J connectivity index is 1.47. The number of carbonyl (C=O) groups is 1. The maximum absolute atomic E-state index is 12.1. The lowest BCUT2D eigenvalue weighted by atomic mass is 9.91. The van der Waals surface area contributed by atoms with Gasteiger partial charge in [0.1, 0.15) is 0 Å². The molecular weight excluding hydrogens is 308 g/mol. The van der Waals surface area contributed by atoms with E-state index >= 15 is 0 Å². The van der Waals surface area contributed by atoms with Crippen molar-refractivity contribution < 1.29 is 9.53 Å². The normalized spacial score (nSPS) is 25.2. The molecular formula is C17H26N4O3. The van der Waals surface area contributed by atoms with Crippen LogP contribution in [0.4, 0.5) is 4.79 Å². The van der Waals surface area contributed by atoms with Gasteiger partial charge in [0.15, 0.2) is 0 Å². The molecule has 3 rings (SSSR count). The summed E-state index contributed by atoms with van der Waals surface area (Å²) in [5.41, 5.74) is 0.806. The molecule has 2 heterocycles. The Hall–Kier alpha value is -1.89. The Morgan fingerprint density at radius 3 is 2.38 bits per heavy atom. The second-order valence-electron chi connectivity index (χ2n) is 6.77. The topological polar surface area (TPSA) is 85.2 Å². The molecule has 2 fully saturated rings. The Labute approximate surface area is 141 Å². The van der Waals surface area contributed by atoms with E-state index in [9.17, 15) is 9.59 Å². The van der Waals surface area contributed by atoms with Crippen LogP contribution in [0.5, 0.6) is 0 Å². The quantitative estimate of drug-likeness (QED) is 0.877. The van der Waals surface area contributed by atoms with Crippen LogP contribution >= 0.6 is 0 Å². The first-order valence-corrected chi connectivity index (χ1v) is 8.83. The summed E-state index contributed by atoms with van der Waals surface area (Å²) >= 11 is 0. The van der Waals surface area contributed by atoms with Crippen molar-refractivity contribution in [1.82, 2.24) is 20.4 Å². The van der Waals surface area contributed by atoms with Gasteiger partial charge in [-0.1, -0.05) is 0 Å². The number of hydrogen-bond acceptors (Lipinski definition) is 4. The molecule has 0 aromatic carbocycles. The highest BCUT2D eigenvalue weighted by atomic mass is 16.5. The van der Waals surface area contributed by atoms with Crippen molar-refractivity contribution in [1.29, 1.82) is 0 Å². The molecule has 0 bridgehead atoms. The zero-order chi connectivity index (χ0) is 16.9. The molecule has 1 aromatic rings. The number of aryl methyl sites for hydroxylation is 1. The van der Waals surface area contributed by atoms with Gasteiger partial charge in [0, 0.05) is 31.4 Å². The monoisotopic (exact) mass is 334 g/mol. The number of aromatic nitrogens is 2. The molecule has 0 unspecified atom stereocenters. The predicted octanol–water partition coefficient (Wildman–Crippen LogP) is 1.51. The number of urea groups is 1. The molecule has 2 aliphatic rings. The lowest BCUT2D eigenvalue weighted by Crippen LogP contribution is -2.48. The fourth-order valence-corrected chi connectivity index (χ4v) is 3.50. The molecule has 7 heteroatoms. The number of rotatable bonds is 3. The first kappa shape index (κ1) is 17.0. The van der Waals surface area contributed by atoms with Gasteiger partial charge < -0.3 is 15.4 Å². The van der Waals surface area contributed by atoms with Crippen molar-refractivity contribution in [3.8, 4) is 0 Å². The van der Waals surface area contributed by atoms with Crippen molar-refractivity contribution in [3.63, 3.8) is 0 Å². The van der Waals surface area contributed by atoms with Gasteiger partial charge in [-0.25, -0.2) is 9.48 Å². The second-order valence-corrected chi connectivity index (χ2v) is 6.77. The summed E-state index contributed by atoms with van der Waals surface area (Å²) in [4.78, 5) is 24.1. The van der Waals surface area contributed by atoms with Crippen LogP contribution in [0, 0.1) is 6.92 Å². The predicted molar refractivity (Wildman–Crippen MR) is 90.0 cm³/mol. The molecule has 1 aromatic heterocycles. The summed E-state index contributed by atoms with van der Waals surface area (Å²) in [5, 5.41) is 10.4. The van der Waals surface area contributed by atoms with Gasteiger partial charge in [-0.3, -0.25) is 4.79 Å². The summed E-state index contributed by atoms with van der Waals surface area (Å²) < 4.78 is 6.90. The first-order valence-electron chi connectivity index (χ1n) is 8.83. The van der Waals surface area contributed by atoms with E-state index in [0.717, 1.165) is 44.2 Å². The SMILES string of the molecule is Cc1ccc(=O)n(C2CCC(NC(=O)NC3CCOCC3)CC2)n1. The zero-order valence-corrected chi connectivity index (χ0v) is 14.2. The van der Waals surface area contributed by atoms with Gasteiger partial charge >= 0.3 is 6.03 Å². The molecule has 0 atom stereocenters. The molecule has 0 spiro atoms. The molecule has 132 valence electrons. The van der Waals surface area contributed by atoms with E-state index in [2.05, 4.69) is 15.7 Å². The van der Waals surface area contributed by atoms with Crippen LogP contribution in [0.1, 0.15) is 50.3 Å². The molecule has 1 aliphatic carbocycles. The van der Waals surface area contributed by atoms with Crippen LogP contribution in [-0.4, -0.2) is 41.1 Å². The van der Waals surface area contributed by atoms with Gasteiger partial charge in [0.05, 0.1) is 11.7 Å². The minimum atomic E-state index is -0.0869. The van der Waals surface area contributed by atoms with E-state index in [1.807, 2.05) is 6.92 Å². The van der Waals surface area contributed by atoms with Crippen molar-refractivity contribution in [2.24, 2.45) is 0 Å². The third-order valence-electron chi connectivity index (χ3n) is 4.89. The van der Waals surface area contributed by atoms with Crippen LogP contribution in [0.3, 0.4) is 0 Å². The summed E-state index contributed by atoms with van der Waals surface area (Å²) in [6.07, 6.45) is 5.21. The molecule has 7 nitrogen and oxygen atoms in total. The third kappa shape index (κ3) is 4.35. The summed E-state index contributed by atoms with van der Waals surface area (Å²) in [6, 6.07) is 3.75. The highest BCUT2D eigenvalue weighted by Gasteiger charge is 2.25. The second kappa shape index (κ2) is 7.79. The number of amides is 2. The molecule has 24 heavy (non-hydrogen) atoms. The van der Waals surface area contributed by atoms with Gasteiger partial charge in [0.2, 0.25) is 0 Å². The molecule has 1 saturated heterocycles. The number of hydrogen-bond donors (Lipinski definition) is 2. The third-order valence-corrected chi connectivity index (χ3v) is 4.89. The van der Waals surface area contributed by atoms with E-state index in [0.29, 0.717) is 13.2 Å². The average molecular weight is 334 g/mol. The summed E-state index contributed by atoms with van der Waals surface area (Å²) in [6.45, 7) is 3.33. The maximum atomic E-state index is 12.1. The number of nitrogens with one attached hydrogen (secondary N) is 2. The molecule has 2 N–H and O–H groups in total. The van der Waals surface area contributed by atoms with Gasteiger partial charge in [0.25, 0.3) is 5.56 Å². The van der Waals surface area contributed by atoms with Crippen LogP contribution in [0.15, 0.2) is 16.9 Å². The molecule has 1 aliphatic heterocycles. The largest absolute Gasteiger partial charge is 0.381 e. The Morgan fingerprint density at radius 1 is 1.08 bits per heavy atom. The van der Waals surface area contributed by atoms with E-state index in [1.165, 1.54) is 0 Å². The van der Waals surface area contributed by atoms with Gasteiger partial charge in [-0.2, -0.15) is 5.10 Å². The average Bonchev–Trinajstić information content (AvgIpc) is 2.59. The van der Waals surface area contributed by atoms with E-state index in [-0.39, 0.29) is 29.7 Å². The van der Waals surface area contributed by atoms with Gasteiger partial charge in [-0.15, -0.1) is 0 Å². The standard InChI is InChI=1S/C17H26N4O3/c1-12-2-7-16(22)21(20-12)15-5-3-13(4-6-15)18-17(23)19-14-8-10-24-11-9-14/h2,7,13-15H,3-6,8-11H2,1H3,(H2,18,19,23). The number of ether oxygens (including phenoxy) is 1. The molecule has 2 amide bonds. The lowest BCUT2D eigenvalue weighted by Gasteiger charge is -2.30. The van der Waals surface area contributed by atoms with Gasteiger partial charge in [-0.05, 0) is 51.5 Å². The molecule has 0 radical (unpaired) electrons. The van der Waals surface area contributed by atoms with E-state index in [4.69, 9.17) is 4.74 Å². The summed E-state index contributed by atoms with van der Waals surface area (Å²) in [7, 11) is 0. The van der Waals surface area contributed by atoms with Crippen molar-refractivity contribution in [2.45, 2.75) is 63.6 Å². The number of carbonyl (C=O) groups excluding carboxylic acids is 1. The Bertz CT molecular complexity index is 617. The van der Waals surface area contributed by atoms with E-state index in [1.54, 1.807) is 16.8 Å². The van der Waals surface area contributed by atoms with Crippen LogP contribution in [0.2, 0.25) is 0 Å². The van der Waals surface area contributed by atoms with Crippen molar-refractivity contribution in [3.05, 3.63) is 28.2 Å². The fourth-order valence-electron chi connectivity index (χ4n) is 3.50. The van der Waals surface area contributed by atoms with Crippen molar-refractivity contribution in [2.75, 3.05) is 13.2 Å². The van der Waals surface area contributed by atoms with Crippen molar-refractivity contribution >= 4 is 6.03 Å². The highest BCUT2D eigenvalue weighted by Crippen LogP contribution is 2.26. The molecule has 1 saturated carbocycles. The summed E-state index contributed by atoms with van der Waals surface area (Å²) in [5.74, 6) is 0. The zero-order valence-electron chi connectivity index (χ0n) is 14.2. The highest BCUT2D eigenvalue weighted by molar-refractivity contribution is 5.74. The Kier molecular flexibility index (Phi) is 5.50. The van der Waals surface area contributed by atoms with Crippen LogP contribution < -0.4 is 16.2 Å². The fraction of sp³-hybridized carbons (Fsp3) is 0.706. The lowest BCUT2D eigenvalue weighted by molar-refractivity contribution is 0.0798. The van der Waals surface area contributed by atoms with E-state index < -0.39 is 0 Å². The maximum Gasteiger partial charge on any atom is 0.315 e.